The van der Waals surface area contributed by atoms with E-state index in [9.17, 15) is 9.59 Å². The number of anilines is 3. The number of benzene rings is 1. The van der Waals surface area contributed by atoms with Crippen LogP contribution < -0.4 is 21.5 Å². The molecule has 36 heavy (non-hydrogen) atoms. The van der Waals surface area contributed by atoms with Gasteiger partial charge in [0, 0.05) is 41.1 Å². The average Bonchev–Trinajstić information content (AvgIpc) is 3.54. The summed E-state index contributed by atoms with van der Waals surface area (Å²) in [5.41, 5.74) is 4.95. The number of carbonyl (C=O) groups excluding carboxylic acids is 1. The molecule has 0 saturated carbocycles. The van der Waals surface area contributed by atoms with Crippen LogP contribution in [0.25, 0.3) is 11.3 Å². The van der Waals surface area contributed by atoms with Gasteiger partial charge in [0.05, 0.1) is 19.3 Å². The molecule has 5 rings (SSSR count). The van der Waals surface area contributed by atoms with Crippen LogP contribution in [-0.4, -0.2) is 46.5 Å². The molecule has 1 saturated heterocycles. The summed E-state index contributed by atoms with van der Waals surface area (Å²) in [4.78, 5) is 31.4. The van der Waals surface area contributed by atoms with Crippen LogP contribution in [0.2, 0.25) is 0 Å². The first kappa shape index (κ1) is 23.6. The fraction of sp³-hybridized carbons (Fsp3) is 0.296. The standard InChI is InChI=1S/C27H30N6O3/c1-18-7-10-33(26(35)11-18)22-12-20(14-28-15-22)24-16-29-27(36-24)31-23-13-21(6-5-19(23)2)30-25(34)17-32-8-3-4-9-32/h5-7,10-14,16,28H,3-4,8-9,15,17H2,1-2H3,(H,29,31)(H,30,34). The Balaban J connectivity index is 1.29. The predicted octanol–water partition coefficient (Wildman–Crippen LogP) is 3.72. The molecule has 3 N–H and O–H groups in total. The van der Waals surface area contributed by atoms with Crippen molar-refractivity contribution < 1.29 is 9.21 Å². The van der Waals surface area contributed by atoms with E-state index in [1.54, 1.807) is 23.0 Å². The SMILES string of the molecule is Cc1ccn(C2=CC(c3cnc(Nc4cc(NC(=O)CN5CCCC5)ccc4C)o3)=CNC2)c(=O)c1. The van der Waals surface area contributed by atoms with Gasteiger partial charge in [0.15, 0.2) is 5.76 Å². The van der Waals surface area contributed by atoms with Crippen molar-refractivity contribution in [3.63, 3.8) is 0 Å². The van der Waals surface area contributed by atoms with Crippen LogP contribution in [0.5, 0.6) is 0 Å². The Bertz CT molecular complexity index is 1390. The van der Waals surface area contributed by atoms with E-state index in [1.165, 1.54) is 0 Å². The number of amides is 1. The number of rotatable bonds is 7. The summed E-state index contributed by atoms with van der Waals surface area (Å²) in [6.07, 6.45) is 9.48. The van der Waals surface area contributed by atoms with Crippen LogP contribution >= 0.6 is 0 Å². The van der Waals surface area contributed by atoms with Crippen LogP contribution in [0.4, 0.5) is 17.4 Å². The molecular formula is C27H30N6O3. The molecule has 0 spiro atoms. The lowest BCUT2D eigenvalue weighted by molar-refractivity contribution is -0.117. The third kappa shape index (κ3) is 5.41. The van der Waals surface area contributed by atoms with Gasteiger partial charge in [0.25, 0.3) is 11.6 Å². The van der Waals surface area contributed by atoms with Crippen LogP contribution in [-0.2, 0) is 4.79 Å². The Morgan fingerprint density at radius 3 is 2.81 bits per heavy atom. The lowest BCUT2D eigenvalue weighted by Crippen LogP contribution is -2.30. The number of carbonyl (C=O) groups is 1. The molecule has 3 aromatic rings. The summed E-state index contributed by atoms with van der Waals surface area (Å²) < 4.78 is 7.59. The van der Waals surface area contributed by atoms with Gasteiger partial charge in [-0.15, -0.1) is 0 Å². The van der Waals surface area contributed by atoms with E-state index in [0.29, 0.717) is 24.9 Å². The molecule has 0 aliphatic carbocycles. The first-order valence-corrected chi connectivity index (χ1v) is 12.1. The van der Waals surface area contributed by atoms with Gasteiger partial charge in [-0.25, -0.2) is 4.98 Å². The van der Waals surface area contributed by atoms with Crippen molar-refractivity contribution in [3.8, 4) is 0 Å². The van der Waals surface area contributed by atoms with E-state index in [4.69, 9.17) is 4.42 Å². The molecule has 0 radical (unpaired) electrons. The number of allylic oxidation sites excluding steroid dienone is 2. The second kappa shape index (κ2) is 10.2. The summed E-state index contributed by atoms with van der Waals surface area (Å²) in [5, 5.41) is 9.40. The minimum absolute atomic E-state index is 0.0166. The van der Waals surface area contributed by atoms with E-state index >= 15 is 0 Å². The molecule has 2 aromatic heterocycles. The normalized spacial score (nSPS) is 15.7. The molecular weight excluding hydrogens is 456 g/mol. The number of oxazole rings is 1. The molecule has 2 aliphatic rings. The van der Waals surface area contributed by atoms with E-state index in [1.807, 2.05) is 50.4 Å². The summed E-state index contributed by atoms with van der Waals surface area (Å²) in [6.45, 7) is 6.77. The molecule has 2 aliphatic heterocycles. The van der Waals surface area contributed by atoms with Crippen molar-refractivity contribution >= 4 is 34.6 Å². The lowest BCUT2D eigenvalue weighted by atomic mass is 10.1. The highest BCUT2D eigenvalue weighted by Gasteiger charge is 2.17. The van der Waals surface area contributed by atoms with Crippen LogP contribution in [0, 0.1) is 13.8 Å². The van der Waals surface area contributed by atoms with Gasteiger partial charge in [-0.2, -0.15) is 0 Å². The Kier molecular flexibility index (Phi) is 6.73. The van der Waals surface area contributed by atoms with Crippen LogP contribution in [0.15, 0.2) is 64.2 Å². The number of nitrogens with zero attached hydrogens (tertiary/aromatic N) is 3. The summed E-state index contributed by atoms with van der Waals surface area (Å²) in [7, 11) is 0. The molecule has 1 amide bonds. The zero-order valence-corrected chi connectivity index (χ0v) is 20.5. The van der Waals surface area contributed by atoms with Crippen LogP contribution in [0.3, 0.4) is 0 Å². The monoisotopic (exact) mass is 486 g/mol. The van der Waals surface area contributed by atoms with Crippen molar-refractivity contribution in [3.05, 3.63) is 82.2 Å². The zero-order chi connectivity index (χ0) is 25.1. The Labute approximate surface area is 209 Å². The largest absolute Gasteiger partial charge is 0.423 e. The second-order valence-electron chi connectivity index (χ2n) is 9.24. The van der Waals surface area contributed by atoms with Gasteiger partial charge in [-0.1, -0.05) is 6.07 Å². The Morgan fingerprint density at radius 1 is 1.17 bits per heavy atom. The summed E-state index contributed by atoms with van der Waals surface area (Å²) in [6, 6.07) is 9.57. The molecule has 0 atom stereocenters. The predicted molar refractivity (Wildman–Crippen MR) is 141 cm³/mol. The van der Waals surface area contributed by atoms with Crippen molar-refractivity contribution in [1.29, 1.82) is 0 Å². The average molecular weight is 487 g/mol. The number of likely N-dealkylation sites (tertiary alicyclic amines) is 1. The number of hydrogen-bond donors (Lipinski definition) is 3. The maximum absolute atomic E-state index is 12.4. The quantitative estimate of drug-likeness (QED) is 0.468. The Hall–Kier alpha value is -4.11. The van der Waals surface area contributed by atoms with E-state index < -0.39 is 0 Å². The molecule has 1 aromatic carbocycles. The number of aromatic nitrogens is 2. The second-order valence-corrected chi connectivity index (χ2v) is 9.24. The number of dihydropyridines is 1. The van der Waals surface area contributed by atoms with Crippen molar-refractivity contribution in [2.24, 2.45) is 0 Å². The summed E-state index contributed by atoms with van der Waals surface area (Å²) in [5.74, 6) is 0.548. The molecule has 9 nitrogen and oxygen atoms in total. The molecule has 0 unspecified atom stereocenters. The first-order chi connectivity index (χ1) is 17.4. The highest BCUT2D eigenvalue weighted by atomic mass is 16.4. The van der Waals surface area contributed by atoms with E-state index in [-0.39, 0.29) is 11.5 Å². The van der Waals surface area contributed by atoms with Gasteiger partial charge < -0.3 is 20.4 Å². The van der Waals surface area contributed by atoms with Gasteiger partial charge in [0.2, 0.25) is 5.91 Å². The Morgan fingerprint density at radius 2 is 2.00 bits per heavy atom. The van der Waals surface area contributed by atoms with Crippen molar-refractivity contribution in [2.45, 2.75) is 26.7 Å². The molecule has 4 heterocycles. The molecule has 9 heteroatoms. The van der Waals surface area contributed by atoms with E-state index in [0.717, 1.165) is 59.7 Å². The lowest BCUT2D eigenvalue weighted by Gasteiger charge is -2.16. The minimum atomic E-state index is -0.0768. The number of pyridine rings is 1. The highest BCUT2D eigenvalue weighted by Crippen LogP contribution is 2.27. The fourth-order valence-corrected chi connectivity index (χ4v) is 4.41. The summed E-state index contributed by atoms with van der Waals surface area (Å²) >= 11 is 0. The van der Waals surface area contributed by atoms with Gasteiger partial charge in [0.1, 0.15) is 0 Å². The topological polar surface area (TPSA) is 104 Å². The van der Waals surface area contributed by atoms with Crippen LogP contribution in [0.1, 0.15) is 29.7 Å². The van der Waals surface area contributed by atoms with Gasteiger partial charge in [-0.05, 0) is 75.2 Å². The van der Waals surface area contributed by atoms with Gasteiger partial charge >= 0.3 is 0 Å². The highest BCUT2D eigenvalue weighted by molar-refractivity contribution is 5.93. The zero-order valence-electron chi connectivity index (χ0n) is 20.5. The van der Waals surface area contributed by atoms with E-state index in [2.05, 4.69) is 25.8 Å². The smallest absolute Gasteiger partial charge is 0.299 e. The maximum Gasteiger partial charge on any atom is 0.299 e. The molecule has 186 valence electrons. The number of aryl methyl sites for hydroxylation is 2. The minimum Gasteiger partial charge on any atom is -0.423 e. The van der Waals surface area contributed by atoms with Crippen molar-refractivity contribution in [1.82, 2.24) is 19.8 Å². The third-order valence-electron chi connectivity index (χ3n) is 6.37. The maximum atomic E-state index is 12.4. The third-order valence-corrected chi connectivity index (χ3v) is 6.37. The fourth-order valence-electron chi connectivity index (χ4n) is 4.41. The van der Waals surface area contributed by atoms with Gasteiger partial charge in [-0.3, -0.25) is 19.1 Å². The molecule has 0 bridgehead atoms. The number of nitrogens with one attached hydrogen (secondary N) is 3. The van der Waals surface area contributed by atoms with Crippen molar-refractivity contribution in [2.75, 3.05) is 36.8 Å². The number of hydrogen-bond acceptors (Lipinski definition) is 7. The molecule has 1 fully saturated rings. The first-order valence-electron chi connectivity index (χ1n) is 12.1.